The van der Waals surface area contributed by atoms with E-state index in [4.69, 9.17) is 9.47 Å². The lowest BCUT2D eigenvalue weighted by Crippen LogP contribution is -2.52. The lowest BCUT2D eigenvalue weighted by Gasteiger charge is -2.32. The van der Waals surface area contributed by atoms with E-state index in [-0.39, 0.29) is 16.7 Å². The highest BCUT2D eigenvalue weighted by molar-refractivity contribution is 7.89. The summed E-state index contributed by atoms with van der Waals surface area (Å²) in [6.07, 6.45) is 0.303. The summed E-state index contributed by atoms with van der Waals surface area (Å²) >= 11 is 0. The zero-order valence-electron chi connectivity index (χ0n) is 16.4. The molecule has 3 aliphatic rings. The number of hydrogen-bond donors (Lipinski definition) is 0. The Labute approximate surface area is 170 Å². The number of sulfonamides is 1. The predicted octanol–water partition coefficient (Wildman–Crippen LogP) is -0.156. The molecule has 0 aromatic heterocycles. The van der Waals surface area contributed by atoms with E-state index >= 15 is 0 Å². The molecule has 0 N–H and O–H groups in total. The summed E-state index contributed by atoms with van der Waals surface area (Å²) in [5, 5.41) is 0. The van der Waals surface area contributed by atoms with Gasteiger partial charge in [-0.05, 0) is 23.8 Å². The minimum Gasteiger partial charge on any atom is -0.379 e. The summed E-state index contributed by atoms with van der Waals surface area (Å²) in [5.41, 5.74) is 1.30. The standard InChI is InChI=1S/C19H25N3O6S/c1-14(23)22-17-3-2-16(29(25,26)21-6-10-28-11-7-21)12-15(17)13-18(22)19(24)20-4-8-27-9-5-20/h2-3,12,18H,4-11,13H2,1H3. The number of rotatable bonds is 3. The number of benzene rings is 1. The molecule has 1 aromatic carbocycles. The number of fused-ring (bicyclic) bond motifs is 1. The van der Waals surface area contributed by atoms with E-state index in [1.165, 1.54) is 22.2 Å². The van der Waals surface area contributed by atoms with Gasteiger partial charge in [0.25, 0.3) is 0 Å². The Hall–Kier alpha value is -2.01. The van der Waals surface area contributed by atoms with E-state index in [9.17, 15) is 18.0 Å². The third kappa shape index (κ3) is 3.77. The molecule has 0 saturated carbocycles. The molecular weight excluding hydrogens is 398 g/mol. The normalized spacial score (nSPS) is 23.1. The Morgan fingerprint density at radius 1 is 1.00 bits per heavy atom. The van der Waals surface area contributed by atoms with E-state index in [0.717, 1.165) is 0 Å². The Balaban J connectivity index is 1.62. The van der Waals surface area contributed by atoms with Crippen molar-refractivity contribution in [1.29, 1.82) is 0 Å². The van der Waals surface area contributed by atoms with Crippen molar-refractivity contribution in [3.63, 3.8) is 0 Å². The van der Waals surface area contributed by atoms with E-state index in [1.54, 1.807) is 17.0 Å². The highest BCUT2D eigenvalue weighted by Crippen LogP contribution is 2.35. The van der Waals surface area contributed by atoms with E-state index < -0.39 is 16.1 Å². The smallest absolute Gasteiger partial charge is 0.246 e. The molecule has 4 rings (SSSR count). The number of hydrogen-bond acceptors (Lipinski definition) is 6. The summed E-state index contributed by atoms with van der Waals surface area (Å²) in [6, 6.07) is 4.10. The van der Waals surface area contributed by atoms with Crippen molar-refractivity contribution >= 4 is 27.5 Å². The topological polar surface area (TPSA) is 96.5 Å². The van der Waals surface area contributed by atoms with Crippen LogP contribution >= 0.6 is 0 Å². The van der Waals surface area contributed by atoms with Gasteiger partial charge < -0.3 is 14.4 Å². The molecule has 2 amide bonds. The van der Waals surface area contributed by atoms with Gasteiger partial charge in [0.15, 0.2) is 0 Å². The van der Waals surface area contributed by atoms with Crippen LogP contribution in [0.3, 0.4) is 0 Å². The molecular formula is C19H25N3O6S. The van der Waals surface area contributed by atoms with E-state index in [0.29, 0.717) is 70.3 Å². The van der Waals surface area contributed by atoms with Crippen LogP contribution in [0.5, 0.6) is 0 Å². The zero-order chi connectivity index (χ0) is 20.6. The molecule has 1 unspecified atom stereocenters. The molecule has 158 valence electrons. The quantitative estimate of drug-likeness (QED) is 0.671. The number of nitrogens with zero attached hydrogens (tertiary/aromatic N) is 3. The molecule has 0 aliphatic carbocycles. The minimum atomic E-state index is -3.64. The Kier molecular flexibility index (Phi) is 5.60. The van der Waals surface area contributed by atoms with E-state index in [1.807, 2.05) is 0 Å². The molecule has 10 heteroatoms. The fourth-order valence-corrected chi connectivity index (χ4v) is 5.56. The Morgan fingerprint density at radius 3 is 2.24 bits per heavy atom. The van der Waals surface area contributed by atoms with Crippen LogP contribution in [0.2, 0.25) is 0 Å². The maximum atomic E-state index is 13.0. The molecule has 1 aromatic rings. The van der Waals surface area contributed by atoms with Crippen LogP contribution in [0, 0.1) is 0 Å². The van der Waals surface area contributed by atoms with Gasteiger partial charge in [0, 0.05) is 45.2 Å². The molecule has 3 aliphatic heterocycles. The molecule has 29 heavy (non-hydrogen) atoms. The van der Waals surface area contributed by atoms with Crippen molar-refractivity contribution in [3.05, 3.63) is 23.8 Å². The summed E-state index contributed by atoms with van der Waals surface area (Å²) < 4.78 is 37.9. The maximum Gasteiger partial charge on any atom is 0.246 e. The van der Waals surface area contributed by atoms with Crippen LogP contribution in [-0.4, -0.2) is 88.1 Å². The summed E-state index contributed by atoms with van der Waals surface area (Å²) in [7, 11) is -3.64. The van der Waals surface area contributed by atoms with Gasteiger partial charge in [-0.3, -0.25) is 14.5 Å². The van der Waals surface area contributed by atoms with Gasteiger partial charge in [0.2, 0.25) is 21.8 Å². The summed E-state index contributed by atoms with van der Waals surface area (Å²) in [5.74, 6) is -0.364. The third-order valence-corrected chi connectivity index (χ3v) is 7.48. The van der Waals surface area contributed by atoms with Crippen LogP contribution in [0.15, 0.2) is 23.1 Å². The van der Waals surface area contributed by atoms with E-state index in [2.05, 4.69) is 0 Å². The first-order valence-electron chi connectivity index (χ1n) is 9.77. The summed E-state index contributed by atoms with van der Waals surface area (Å²) in [4.78, 5) is 28.8. The van der Waals surface area contributed by atoms with Crippen molar-refractivity contribution in [2.75, 3.05) is 57.5 Å². The Morgan fingerprint density at radius 2 is 1.62 bits per heavy atom. The maximum absolute atomic E-state index is 13.0. The number of carbonyl (C=O) groups excluding carboxylic acids is 2. The van der Waals surface area contributed by atoms with Crippen molar-refractivity contribution in [3.8, 4) is 0 Å². The minimum absolute atomic E-state index is 0.128. The number of morpholine rings is 2. The van der Waals surface area contributed by atoms with Crippen LogP contribution in [-0.2, 0) is 35.5 Å². The number of amides is 2. The fourth-order valence-electron chi connectivity index (χ4n) is 4.11. The molecule has 0 radical (unpaired) electrons. The summed E-state index contributed by atoms with van der Waals surface area (Å²) in [6.45, 7) is 4.75. The molecule has 0 bridgehead atoms. The first kappa shape index (κ1) is 20.3. The molecule has 0 spiro atoms. The van der Waals surface area contributed by atoms with Crippen LogP contribution in [0.4, 0.5) is 5.69 Å². The predicted molar refractivity (Wildman–Crippen MR) is 104 cm³/mol. The number of carbonyl (C=O) groups is 2. The van der Waals surface area contributed by atoms with Crippen molar-refractivity contribution < 1.29 is 27.5 Å². The van der Waals surface area contributed by atoms with Gasteiger partial charge in [0.05, 0.1) is 31.3 Å². The molecule has 3 heterocycles. The number of anilines is 1. The zero-order valence-corrected chi connectivity index (χ0v) is 17.2. The highest BCUT2D eigenvalue weighted by Gasteiger charge is 2.40. The first-order valence-corrected chi connectivity index (χ1v) is 11.2. The monoisotopic (exact) mass is 423 g/mol. The molecule has 1 atom stereocenters. The van der Waals surface area contributed by atoms with Crippen LogP contribution in [0.25, 0.3) is 0 Å². The Bertz CT molecular complexity index is 907. The van der Waals surface area contributed by atoms with Gasteiger partial charge in [-0.2, -0.15) is 4.31 Å². The van der Waals surface area contributed by atoms with Crippen molar-refractivity contribution in [2.45, 2.75) is 24.3 Å². The fraction of sp³-hybridized carbons (Fsp3) is 0.579. The lowest BCUT2D eigenvalue weighted by molar-refractivity contribution is -0.137. The van der Waals surface area contributed by atoms with Gasteiger partial charge in [-0.25, -0.2) is 8.42 Å². The molecule has 2 saturated heterocycles. The SMILES string of the molecule is CC(=O)N1c2ccc(S(=O)(=O)N3CCOCC3)cc2CC1C(=O)N1CCOCC1. The highest BCUT2D eigenvalue weighted by atomic mass is 32.2. The number of ether oxygens (including phenoxy) is 2. The second-order valence-electron chi connectivity index (χ2n) is 7.35. The van der Waals surface area contributed by atoms with Crippen molar-refractivity contribution in [1.82, 2.24) is 9.21 Å². The molecule has 9 nitrogen and oxygen atoms in total. The second kappa shape index (κ2) is 8.02. The average Bonchev–Trinajstić information content (AvgIpc) is 3.13. The second-order valence-corrected chi connectivity index (χ2v) is 9.29. The largest absolute Gasteiger partial charge is 0.379 e. The lowest BCUT2D eigenvalue weighted by atomic mass is 10.1. The average molecular weight is 423 g/mol. The molecule has 2 fully saturated rings. The van der Waals surface area contributed by atoms with Crippen LogP contribution in [0.1, 0.15) is 12.5 Å². The van der Waals surface area contributed by atoms with Gasteiger partial charge in [-0.15, -0.1) is 0 Å². The first-order chi connectivity index (χ1) is 13.9. The third-order valence-electron chi connectivity index (χ3n) is 5.59. The van der Waals surface area contributed by atoms with Crippen molar-refractivity contribution in [2.24, 2.45) is 0 Å². The van der Waals surface area contributed by atoms with Crippen LogP contribution < -0.4 is 4.90 Å². The van der Waals surface area contributed by atoms with Gasteiger partial charge in [0.1, 0.15) is 6.04 Å². The van der Waals surface area contributed by atoms with Gasteiger partial charge in [-0.1, -0.05) is 0 Å². The van der Waals surface area contributed by atoms with Gasteiger partial charge >= 0.3 is 0 Å².